The van der Waals surface area contributed by atoms with Crippen LogP contribution in [0.1, 0.15) is 108 Å². The maximum Gasteiger partial charge on any atom is 0.338 e. The first-order chi connectivity index (χ1) is 13.7. The van der Waals surface area contributed by atoms with Gasteiger partial charge in [-0.2, -0.15) is 0 Å². The van der Waals surface area contributed by atoms with Crippen molar-refractivity contribution >= 4 is 11.9 Å². The first-order valence-corrected chi connectivity index (χ1v) is 11.1. The number of carbonyl (C=O) groups excluding carboxylic acids is 2. The second-order valence-corrected chi connectivity index (χ2v) is 7.42. The van der Waals surface area contributed by atoms with Crippen molar-refractivity contribution in [1.29, 1.82) is 0 Å². The molecule has 0 bridgehead atoms. The topological polar surface area (TPSA) is 52.6 Å². The van der Waals surface area contributed by atoms with Crippen molar-refractivity contribution in [3.63, 3.8) is 0 Å². The monoisotopic (exact) mass is 390 g/mol. The largest absolute Gasteiger partial charge is 0.462 e. The van der Waals surface area contributed by atoms with Gasteiger partial charge in [0.05, 0.1) is 12.2 Å². The molecule has 0 amide bonds. The molecule has 158 valence electrons. The van der Waals surface area contributed by atoms with Crippen LogP contribution >= 0.6 is 0 Å². The van der Waals surface area contributed by atoms with Gasteiger partial charge >= 0.3 is 11.9 Å². The predicted octanol–water partition coefficient (Wildman–Crippen LogP) is 6.86. The summed E-state index contributed by atoms with van der Waals surface area (Å²) in [7, 11) is 0. The summed E-state index contributed by atoms with van der Waals surface area (Å²) in [6.07, 6.45) is 15.1. The Morgan fingerprint density at radius 3 is 1.79 bits per heavy atom. The standard InChI is InChI=1S/C24H38O4/c1-3-5-6-7-8-9-10-11-12-13-14-15-23(25)28-22-18-16-21(17-19-22)24(26)27-20-4-2/h16-19H,3-15,20H2,1-2H3. The van der Waals surface area contributed by atoms with Gasteiger partial charge < -0.3 is 9.47 Å². The highest BCUT2D eigenvalue weighted by atomic mass is 16.5. The van der Waals surface area contributed by atoms with E-state index in [4.69, 9.17) is 9.47 Å². The Balaban J connectivity index is 2.06. The van der Waals surface area contributed by atoms with Gasteiger partial charge in [0.15, 0.2) is 0 Å². The number of benzene rings is 1. The normalized spacial score (nSPS) is 10.6. The molecule has 0 aliphatic rings. The van der Waals surface area contributed by atoms with Crippen LogP contribution in [0.25, 0.3) is 0 Å². The van der Waals surface area contributed by atoms with E-state index in [-0.39, 0.29) is 11.9 Å². The van der Waals surface area contributed by atoms with Crippen LogP contribution in [0.2, 0.25) is 0 Å². The van der Waals surface area contributed by atoms with Crippen LogP contribution in [0.3, 0.4) is 0 Å². The average Bonchev–Trinajstić information content (AvgIpc) is 2.70. The van der Waals surface area contributed by atoms with Crippen molar-refractivity contribution in [2.45, 2.75) is 97.3 Å². The molecule has 0 N–H and O–H groups in total. The Hall–Kier alpha value is -1.84. The number of hydrogen-bond donors (Lipinski definition) is 0. The van der Waals surface area contributed by atoms with Crippen LogP contribution in [-0.2, 0) is 9.53 Å². The minimum absolute atomic E-state index is 0.211. The summed E-state index contributed by atoms with van der Waals surface area (Å²) in [5, 5.41) is 0. The zero-order chi connectivity index (χ0) is 20.5. The van der Waals surface area contributed by atoms with E-state index in [0.717, 1.165) is 19.3 Å². The van der Waals surface area contributed by atoms with Crippen LogP contribution in [0.5, 0.6) is 5.75 Å². The summed E-state index contributed by atoms with van der Waals surface area (Å²) in [5.41, 5.74) is 0.471. The number of unbranched alkanes of at least 4 members (excludes halogenated alkanes) is 10. The fraction of sp³-hybridized carbons (Fsp3) is 0.667. The van der Waals surface area contributed by atoms with Crippen LogP contribution in [0.15, 0.2) is 24.3 Å². The Morgan fingerprint density at radius 2 is 1.25 bits per heavy atom. The lowest BCUT2D eigenvalue weighted by Gasteiger charge is -2.06. The van der Waals surface area contributed by atoms with E-state index in [9.17, 15) is 9.59 Å². The first-order valence-electron chi connectivity index (χ1n) is 11.1. The van der Waals surface area contributed by atoms with Gasteiger partial charge in [-0.05, 0) is 37.1 Å². The molecule has 0 fully saturated rings. The van der Waals surface area contributed by atoms with Crippen molar-refractivity contribution in [2.75, 3.05) is 6.61 Å². The number of rotatable bonds is 16. The molecule has 1 aromatic carbocycles. The molecule has 1 rings (SSSR count). The molecular formula is C24H38O4. The second-order valence-electron chi connectivity index (χ2n) is 7.42. The molecule has 1 aromatic rings. The minimum atomic E-state index is -0.347. The fourth-order valence-electron chi connectivity index (χ4n) is 3.05. The van der Waals surface area contributed by atoms with Crippen LogP contribution < -0.4 is 4.74 Å². The Morgan fingerprint density at radius 1 is 0.714 bits per heavy atom. The lowest BCUT2D eigenvalue weighted by molar-refractivity contribution is -0.134. The predicted molar refractivity (Wildman–Crippen MR) is 114 cm³/mol. The number of esters is 2. The van der Waals surface area contributed by atoms with E-state index in [1.807, 2.05) is 6.92 Å². The van der Waals surface area contributed by atoms with Gasteiger partial charge in [-0.3, -0.25) is 4.79 Å². The molecule has 0 spiro atoms. The van der Waals surface area contributed by atoms with Gasteiger partial charge in [0.2, 0.25) is 0 Å². The summed E-state index contributed by atoms with van der Waals surface area (Å²) in [5.74, 6) is -0.0852. The Kier molecular flexibility index (Phi) is 14.0. The van der Waals surface area contributed by atoms with E-state index >= 15 is 0 Å². The molecule has 4 nitrogen and oxygen atoms in total. The molecule has 4 heteroatoms. The smallest absolute Gasteiger partial charge is 0.338 e. The number of ether oxygens (including phenoxy) is 2. The highest BCUT2D eigenvalue weighted by Crippen LogP contribution is 2.15. The molecule has 0 aliphatic heterocycles. The third kappa shape index (κ3) is 11.8. The van der Waals surface area contributed by atoms with Crippen molar-refractivity contribution in [3.05, 3.63) is 29.8 Å². The van der Waals surface area contributed by atoms with E-state index in [1.54, 1.807) is 24.3 Å². The SMILES string of the molecule is CCCCCCCCCCCCCC(=O)Oc1ccc(C(=O)OCCC)cc1. The Bertz CT molecular complexity index is 536. The molecule has 28 heavy (non-hydrogen) atoms. The van der Waals surface area contributed by atoms with Crippen LogP contribution in [0, 0.1) is 0 Å². The minimum Gasteiger partial charge on any atom is -0.462 e. The molecule has 0 heterocycles. The van der Waals surface area contributed by atoms with Crippen LogP contribution in [0.4, 0.5) is 0 Å². The molecule has 0 radical (unpaired) electrons. The molecule has 0 saturated carbocycles. The molecule has 0 unspecified atom stereocenters. The maximum atomic E-state index is 11.9. The van der Waals surface area contributed by atoms with E-state index in [1.165, 1.54) is 57.8 Å². The van der Waals surface area contributed by atoms with E-state index in [2.05, 4.69) is 6.92 Å². The molecule has 0 atom stereocenters. The summed E-state index contributed by atoms with van der Waals surface area (Å²) < 4.78 is 10.4. The molecule has 0 aromatic heterocycles. The van der Waals surface area contributed by atoms with Gasteiger partial charge in [0, 0.05) is 6.42 Å². The van der Waals surface area contributed by atoms with Crippen molar-refractivity contribution in [2.24, 2.45) is 0 Å². The van der Waals surface area contributed by atoms with Crippen LogP contribution in [-0.4, -0.2) is 18.5 Å². The van der Waals surface area contributed by atoms with E-state index < -0.39 is 0 Å². The fourth-order valence-corrected chi connectivity index (χ4v) is 3.05. The first kappa shape index (κ1) is 24.2. The lowest BCUT2D eigenvalue weighted by atomic mass is 10.1. The number of hydrogen-bond acceptors (Lipinski definition) is 4. The third-order valence-electron chi connectivity index (χ3n) is 4.74. The van der Waals surface area contributed by atoms with Crippen molar-refractivity contribution in [1.82, 2.24) is 0 Å². The quantitative estimate of drug-likeness (QED) is 0.176. The van der Waals surface area contributed by atoms with Crippen molar-refractivity contribution in [3.8, 4) is 5.75 Å². The zero-order valence-electron chi connectivity index (χ0n) is 17.8. The van der Waals surface area contributed by atoms with Gasteiger partial charge in [0.25, 0.3) is 0 Å². The molecule has 0 aliphatic carbocycles. The van der Waals surface area contributed by atoms with Crippen molar-refractivity contribution < 1.29 is 19.1 Å². The molecular weight excluding hydrogens is 352 g/mol. The lowest BCUT2D eigenvalue weighted by Crippen LogP contribution is -2.08. The summed E-state index contributed by atoms with van der Waals surface area (Å²) in [6, 6.07) is 6.54. The average molecular weight is 391 g/mol. The maximum absolute atomic E-state index is 11.9. The van der Waals surface area contributed by atoms with Gasteiger partial charge in [-0.15, -0.1) is 0 Å². The summed E-state index contributed by atoms with van der Waals surface area (Å²) in [6.45, 7) is 4.61. The summed E-state index contributed by atoms with van der Waals surface area (Å²) in [4.78, 5) is 23.7. The molecule has 0 saturated heterocycles. The van der Waals surface area contributed by atoms with E-state index in [0.29, 0.717) is 24.3 Å². The second kappa shape index (κ2) is 16.1. The Labute approximate surface area is 171 Å². The van der Waals surface area contributed by atoms with Gasteiger partial charge in [-0.1, -0.05) is 78.1 Å². The summed E-state index contributed by atoms with van der Waals surface area (Å²) >= 11 is 0. The third-order valence-corrected chi connectivity index (χ3v) is 4.74. The zero-order valence-corrected chi connectivity index (χ0v) is 17.8. The van der Waals surface area contributed by atoms with Gasteiger partial charge in [0.1, 0.15) is 5.75 Å². The highest BCUT2D eigenvalue weighted by molar-refractivity contribution is 5.89. The highest BCUT2D eigenvalue weighted by Gasteiger charge is 2.09. The number of carbonyl (C=O) groups is 2. The van der Waals surface area contributed by atoms with Gasteiger partial charge in [-0.25, -0.2) is 4.79 Å².